The van der Waals surface area contributed by atoms with Gasteiger partial charge in [-0.25, -0.2) is 42.9 Å². The van der Waals surface area contributed by atoms with E-state index in [1.807, 2.05) is 23.4 Å². The van der Waals surface area contributed by atoms with Crippen LogP contribution in [0.2, 0.25) is 0 Å². The van der Waals surface area contributed by atoms with Gasteiger partial charge >= 0.3 is 12.1 Å². The average Bonchev–Trinajstić information content (AvgIpc) is 4.23. The first-order chi connectivity index (χ1) is 36.3. The Morgan fingerprint density at radius 2 is 1.30 bits per heavy atom. The number of H-pyrrole nitrogens is 1. The summed E-state index contributed by atoms with van der Waals surface area (Å²) in [6.07, 6.45) is 2.32. The van der Waals surface area contributed by atoms with Gasteiger partial charge in [0.2, 0.25) is 17.8 Å². The maximum Gasteiger partial charge on any atom is 0.419 e. The monoisotopic (exact) mass is 1070 g/mol. The molecule has 9 heterocycles. The van der Waals surface area contributed by atoms with E-state index < -0.39 is 52.8 Å². The van der Waals surface area contributed by atoms with Crippen molar-refractivity contribution < 1.29 is 47.0 Å². The third-order valence-corrected chi connectivity index (χ3v) is 14.4. The van der Waals surface area contributed by atoms with Crippen molar-refractivity contribution in [2.45, 2.75) is 32.8 Å². The van der Waals surface area contributed by atoms with Gasteiger partial charge in [0.15, 0.2) is 0 Å². The van der Waals surface area contributed by atoms with Gasteiger partial charge < -0.3 is 39.8 Å². The number of halogens is 2. The smallest absolute Gasteiger partial charge is 0.419 e. The molecule has 0 spiro atoms. The number of hydrogen-bond donors (Lipinski definition) is 3. The zero-order chi connectivity index (χ0) is 54.2. The minimum Gasteiger partial charge on any atom is -0.463 e. The third-order valence-electron chi connectivity index (χ3n) is 12.7. The van der Waals surface area contributed by atoms with E-state index in [1.165, 1.54) is 45.6 Å². The highest BCUT2D eigenvalue weighted by Gasteiger charge is 2.37. The van der Waals surface area contributed by atoms with E-state index in [4.69, 9.17) is 10.5 Å². The van der Waals surface area contributed by atoms with Gasteiger partial charge in [-0.3, -0.25) is 24.5 Å². The van der Waals surface area contributed by atoms with Crippen LogP contribution < -0.4 is 20.9 Å². The van der Waals surface area contributed by atoms with Gasteiger partial charge in [-0.1, -0.05) is 12.1 Å². The van der Waals surface area contributed by atoms with Gasteiger partial charge in [0.25, 0.3) is 17.6 Å². The van der Waals surface area contributed by atoms with Crippen molar-refractivity contribution in [2.75, 3.05) is 83.4 Å². The van der Waals surface area contributed by atoms with Crippen molar-refractivity contribution >= 4 is 124 Å². The number of nitrogens with zero attached hydrogens (tertiary/aromatic N) is 9. The molecule has 2 fully saturated rings. The molecule has 0 saturated carbocycles. The summed E-state index contributed by atoms with van der Waals surface area (Å²) in [6.45, 7) is 11.8. The van der Waals surface area contributed by atoms with Gasteiger partial charge in [-0.15, -0.1) is 22.7 Å². The number of esters is 1. The van der Waals surface area contributed by atoms with Crippen molar-refractivity contribution in [1.29, 1.82) is 0 Å². The van der Waals surface area contributed by atoms with Crippen LogP contribution in [0.25, 0.3) is 53.4 Å². The number of hydrogen-bond acceptors (Lipinski definition) is 18. The Kier molecular flexibility index (Phi) is 15.0. The molecule has 0 aliphatic carbocycles. The van der Waals surface area contributed by atoms with E-state index in [2.05, 4.69) is 56.7 Å². The van der Waals surface area contributed by atoms with Crippen LogP contribution in [0.15, 0.2) is 71.7 Å². The van der Waals surface area contributed by atoms with Crippen molar-refractivity contribution in [3.63, 3.8) is 0 Å². The first-order valence-corrected chi connectivity index (χ1v) is 25.7. The van der Waals surface area contributed by atoms with Crippen LogP contribution in [-0.4, -0.2) is 154 Å². The number of carbonyl (C=O) groups is 6. The van der Waals surface area contributed by atoms with Crippen LogP contribution in [0.1, 0.15) is 48.1 Å². The molecule has 11 rings (SSSR count). The van der Waals surface area contributed by atoms with E-state index in [-0.39, 0.29) is 39.6 Å². The average molecular weight is 1080 g/mol. The molecule has 8 aromatic rings. The molecule has 3 aliphatic heterocycles. The van der Waals surface area contributed by atoms with Gasteiger partial charge in [0.1, 0.15) is 26.9 Å². The molecule has 0 bridgehead atoms. The number of carbonyl (C=O) groups excluding carboxylic acids is 6. The molecule has 3 amide bonds. The fourth-order valence-corrected chi connectivity index (χ4v) is 10.5. The molecule has 0 radical (unpaired) electrons. The number of rotatable bonds is 8. The van der Waals surface area contributed by atoms with E-state index in [0.717, 1.165) is 56.6 Å². The topological polar surface area (TPSA) is 244 Å². The number of imide groups is 1. The van der Waals surface area contributed by atoms with Crippen LogP contribution in [0, 0.1) is 11.6 Å². The lowest BCUT2D eigenvalue weighted by Crippen LogP contribution is -2.45. The number of ketones is 1. The lowest BCUT2D eigenvalue weighted by molar-refractivity contribution is -0.135. The van der Waals surface area contributed by atoms with Crippen LogP contribution >= 0.6 is 22.7 Å². The first-order valence-electron chi connectivity index (χ1n) is 24.0. The summed E-state index contributed by atoms with van der Waals surface area (Å²) < 4.78 is 40.1. The lowest BCUT2D eigenvalue weighted by Gasteiger charge is -2.32. The molecule has 0 atom stereocenters. The number of Topliss-reactive ketones (excluding diaryl/α,β-unsaturated/α-hetero) is 1. The van der Waals surface area contributed by atoms with Crippen molar-refractivity contribution in [3.05, 3.63) is 106 Å². The zero-order valence-electron chi connectivity index (χ0n) is 42.2. The summed E-state index contributed by atoms with van der Waals surface area (Å²) in [6, 6.07) is 12.8. The number of aromatic amines is 1. The second-order valence-corrected chi connectivity index (χ2v) is 20.9. The summed E-state index contributed by atoms with van der Waals surface area (Å²) in [7, 11) is 5.25. The lowest BCUT2D eigenvalue weighted by atomic mass is 9.97. The van der Waals surface area contributed by atoms with Crippen LogP contribution in [-0.2, 0) is 35.1 Å². The quantitative estimate of drug-likeness (QED) is 0.0682. The van der Waals surface area contributed by atoms with Gasteiger partial charge in [-0.2, -0.15) is 0 Å². The number of methoxy groups -OCH3 is 1. The van der Waals surface area contributed by atoms with Gasteiger partial charge in [0, 0.05) is 81.1 Å². The Morgan fingerprint density at radius 3 is 1.91 bits per heavy atom. The third kappa shape index (κ3) is 10.9. The molecular weight excluding hydrogens is 1020 g/mol. The molecule has 4 N–H and O–H groups in total. The number of benzene rings is 2. The molecule has 394 valence electrons. The summed E-state index contributed by atoms with van der Waals surface area (Å²) in [5.74, 6) is -3.43. The number of nitrogens with two attached hydrogens (primary N) is 1. The van der Waals surface area contributed by atoms with Crippen LogP contribution in [0.4, 0.5) is 25.5 Å². The Labute approximate surface area is 441 Å². The number of nitrogens with one attached hydrogen (secondary N) is 2. The minimum absolute atomic E-state index is 0.0694. The number of likely N-dealkylation sites (N-methyl/N-ethyl adjacent to an activating group) is 2. The number of fused-ring (bicyclic) bond motifs is 4. The molecular formula is C52H52F2N12O8S2. The molecule has 20 nitrogen and oxygen atoms in total. The van der Waals surface area contributed by atoms with Crippen molar-refractivity contribution in [2.24, 2.45) is 5.73 Å². The van der Waals surface area contributed by atoms with E-state index in [0.29, 0.717) is 57.5 Å². The van der Waals surface area contributed by atoms with Crippen molar-refractivity contribution in [3.8, 4) is 0 Å². The molecule has 76 heavy (non-hydrogen) atoms. The number of piperazine rings is 2. The maximum absolute atomic E-state index is 15.1. The minimum atomic E-state index is -0.968. The van der Waals surface area contributed by atoms with Crippen molar-refractivity contribution in [1.82, 2.24) is 44.6 Å². The Morgan fingerprint density at radius 1 is 0.737 bits per heavy atom. The van der Waals surface area contributed by atoms with Crippen LogP contribution in [0.5, 0.6) is 0 Å². The van der Waals surface area contributed by atoms with Gasteiger partial charge in [-0.05, 0) is 82.0 Å². The maximum atomic E-state index is 15.1. The summed E-state index contributed by atoms with van der Waals surface area (Å²) in [5, 5.41) is 7.79. The number of aromatic nitrogens is 6. The van der Waals surface area contributed by atoms with Gasteiger partial charge in [0.05, 0.1) is 63.4 Å². The molecule has 0 unspecified atom stereocenters. The molecule has 24 heteroatoms. The second-order valence-electron chi connectivity index (χ2n) is 19.1. The molecule has 2 aromatic carbocycles. The molecule has 6 aromatic heterocycles. The van der Waals surface area contributed by atoms with Crippen LogP contribution in [0.3, 0.4) is 0 Å². The number of ether oxygens (including phenoxy) is 2. The largest absolute Gasteiger partial charge is 0.463 e. The first kappa shape index (κ1) is 52.8. The Hall–Kier alpha value is -8.06. The van der Waals surface area contributed by atoms with E-state index >= 15 is 4.39 Å². The molecule has 3 aliphatic rings. The highest BCUT2D eigenvalue weighted by atomic mass is 32.1. The molecule has 2 saturated heterocycles. The summed E-state index contributed by atoms with van der Waals surface area (Å²) in [5.41, 5.74) is 6.97. The standard InChI is InChI=1S/C23H19FN6O2S.C15H18FN5O.C14H15NO5S/c1-29-6-8-30(9-7-29)23-26-15-4-2-3-14(24)17(15)19(27-23)18-16(20(31)28-21(18)32)13-11-25-22-12(13)5-10-33-22;1-20-5-7-21(8-6-20)15-18-11-4-2-3-10(16)14(11)12(19-15)9-13(17)22;1-14(2,3)20-13(18)15-7-9(10(16)12(17)19-4)8-5-6-21-11(8)15/h2-5,10-11,25H,6-9H2,1H3,(H,28,31,32);2-4H,5-9H2,1H3,(H2,17,22);5-7H,1-4H3. The highest BCUT2D eigenvalue weighted by Crippen LogP contribution is 2.39. The normalized spacial score (nSPS) is 15.5. The fourth-order valence-electron chi connectivity index (χ4n) is 8.87. The number of primary amides is 1. The fraction of sp³-hybridized carbons (Fsp3) is 0.308. The second kappa shape index (κ2) is 21.7. The highest BCUT2D eigenvalue weighted by molar-refractivity contribution is 7.17. The zero-order valence-corrected chi connectivity index (χ0v) is 43.9. The SMILES string of the molecule is CN1CCN(c2nc(C3=C(c4c[nH]c5sccc45)C(=O)NC3=O)c3c(F)cccc3n2)CC1.CN1CCN(c2nc(CC(N)=O)c3c(F)cccc3n2)CC1.COC(=O)C(=O)c1cn(C(=O)OC(C)(C)C)c2sccc12. The predicted octanol–water partition coefficient (Wildman–Crippen LogP) is 6.02. The summed E-state index contributed by atoms with van der Waals surface area (Å²) in [4.78, 5) is 104. The Bertz CT molecular complexity index is 3640. The summed E-state index contributed by atoms with van der Waals surface area (Å²) >= 11 is 2.78. The Balaban J connectivity index is 0.000000145. The van der Waals surface area contributed by atoms with E-state index in [1.54, 1.807) is 62.7 Å². The number of amides is 3. The number of anilines is 2. The van der Waals surface area contributed by atoms with E-state index in [9.17, 15) is 33.2 Å². The predicted molar refractivity (Wildman–Crippen MR) is 285 cm³/mol. The number of thiophene rings is 2.